The van der Waals surface area contributed by atoms with Crippen LogP contribution in [-0.4, -0.2) is 47.9 Å². The third-order valence-electron chi connectivity index (χ3n) is 8.15. The quantitative estimate of drug-likeness (QED) is 0.386. The van der Waals surface area contributed by atoms with Crippen molar-refractivity contribution < 1.29 is 23.1 Å². The first-order valence-electron chi connectivity index (χ1n) is 13.4. The lowest BCUT2D eigenvalue weighted by molar-refractivity contribution is -0.101. The maximum Gasteiger partial charge on any atom is 0.411 e. The molecule has 2 atom stereocenters. The van der Waals surface area contributed by atoms with Gasteiger partial charge in [0.2, 0.25) is 0 Å². The number of cyclic esters (lactones) is 1. The smallest absolute Gasteiger partial charge is 0.411 e. The van der Waals surface area contributed by atoms with Gasteiger partial charge in [0, 0.05) is 37.4 Å². The minimum Gasteiger partial charge on any atom is -0.438 e. The van der Waals surface area contributed by atoms with Crippen LogP contribution in [-0.2, 0) is 24.9 Å². The standard InChI is InChI=1S/C31H36N2O5S/c1-22(33-19-18-30(38-28(33)34,21-29(2,3)35)25-8-6-5-7-9-25)23-10-12-24(13-11-23)27-15-14-26(20-32-27)31(16-17-31)39(4,36)37/h5-15,20,22,35H,16-19,21H2,1-4H3/t22-,30-/m0/s1. The molecule has 39 heavy (non-hydrogen) atoms. The molecule has 2 aliphatic rings. The van der Waals surface area contributed by atoms with Gasteiger partial charge in [-0.25, -0.2) is 13.2 Å². The summed E-state index contributed by atoms with van der Waals surface area (Å²) in [6, 6.07) is 21.1. The first kappa shape index (κ1) is 27.3. The zero-order chi connectivity index (χ0) is 28.1. The third-order valence-corrected chi connectivity index (χ3v) is 10.2. The normalized spacial score (nSPS) is 21.8. The summed E-state index contributed by atoms with van der Waals surface area (Å²) in [6.45, 7) is 5.95. The highest BCUT2D eigenvalue weighted by molar-refractivity contribution is 7.92. The number of carbonyl (C=O) groups excluding carboxylic acids is 1. The van der Waals surface area contributed by atoms with Crippen molar-refractivity contribution in [2.45, 2.75) is 68.4 Å². The lowest BCUT2D eigenvalue weighted by Gasteiger charge is -2.45. The van der Waals surface area contributed by atoms with E-state index in [1.807, 2.05) is 73.7 Å². The number of amides is 1. The summed E-state index contributed by atoms with van der Waals surface area (Å²) in [6.07, 6.45) is 4.73. The summed E-state index contributed by atoms with van der Waals surface area (Å²) in [5.41, 5.74) is 2.39. The first-order valence-corrected chi connectivity index (χ1v) is 15.3. The van der Waals surface area contributed by atoms with E-state index in [2.05, 4.69) is 4.98 Å². The van der Waals surface area contributed by atoms with Gasteiger partial charge in [-0.2, -0.15) is 0 Å². The number of pyridine rings is 1. The molecule has 5 rings (SSSR count). The van der Waals surface area contributed by atoms with Crippen molar-refractivity contribution in [2.75, 3.05) is 12.8 Å². The van der Waals surface area contributed by atoms with E-state index in [4.69, 9.17) is 4.74 Å². The van der Waals surface area contributed by atoms with Gasteiger partial charge in [-0.15, -0.1) is 0 Å². The number of benzene rings is 2. The second-order valence-corrected chi connectivity index (χ2v) is 14.0. The Labute approximate surface area is 230 Å². The highest BCUT2D eigenvalue weighted by Crippen LogP contribution is 2.52. The average molecular weight is 549 g/mol. The highest BCUT2D eigenvalue weighted by Gasteiger charge is 2.53. The number of hydrogen-bond acceptors (Lipinski definition) is 6. The second kappa shape index (κ2) is 9.75. The number of carbonyl (C=O) groups is 1. The molecule has 0 spiro atoms. The molecule has 1 N–H and O–H groups in total. The van der Waals surface area contributed by atoms with E-state index in [1.54, 1.807) is 24.9 Å². The molecule has 7 nitrogen and oxygen atoms in total. The summed E-state index contributed by atoms with van der Waals surface area (Å²) in [5.74, 6) is 0. The number of ether oxygens (including phenoxy) is 1. The topological polar surface area (TPSA) is 96.8 Å². The van der Waals surface area contributed by atoms with Gasteiger partial charge in [-0.05, 0) is 56.4 Å². The molecule has 1 aromatic heterocycles. The Balaban J connectivity index is 1.31. The molecule has 1 aliphatic carbocycles. The van der Waals surface area contributed by atoms with Gasteiger partial charge >= 0.3 is 6.09 Å². The van der Waals surface area contributed by atoms with Crippen molar-refractivity contribution in [3.8, 4) is 11.3 Å². The van der Waals surface area contributed by atoms with E-state index in [1.165, 1.54) is 6.26 Å². The van der Waals surface area contributed by atoms with Gasteiger partial charge < -0.3 is 14.7 Å². The first-order chi connectivity index (χ1) is 18.3. The molecule has 3 aromatic rings. The summed E-state index contributed by atoms with van der Waals surface area (Å²) in [7, 11) is -3.18. The number of sulfone groups is 1. The number of aromatic nitrogens is 1. The SMILES string of the molecule is C[C@@H](c1ccc(-c2ccc(C3(S(C)(=O)=O)CC3)cn2)cc1)N1CC[C@](CC(C)(C)O)(c2ccccc2)OC1=O. The van der Waals surface area contributed by atoms with Crippen LogP contribution in [0.3, 0.4) is 0 Å². The predicted molar refractivity (Wildman–Crippen MR) is 151 cm³/mol. The summed E-state index contributed by atoms with van der Waals surface area (Å²) in [5, 5.41) is 10.6. The molecule has 1 aliphatic heterocycles. The van der Waals surface area contributed by atoms with Crippen LogP contribution < -0.4 is 0 Å². The molecular formula is C31H36N2O5S. The van der Waals surface area contributed by atoms with E-state index in [0.29, 0.717) is 32.2 Å². The van der Waals surface area contributed by atoms with Crippen LogP contribution in [0.25, 0.3) is 11.3 Å². The van der Waals surface area contributed by atoms with Crippen molar-refractivity contribution in [1.29, 1.82) is 0 Å². The molecule has 0 radical (unpaired) electrons. The number of rotatable bonds is 8. The van der Waals surface area contributed by atoms with Gasteiger partial charge in [0.25, 0.3) is 0 Å². The van der Waals surface area contributed by atoms with Crippen LogP contribution >= 0.6 is 0 Å². The maximum absolute atomic E-state index is 13.3. The molecule has 0 bridgehead atoms. The van der Waals surface area contributed by atoms with Crippen molar-refractivity contribution in [3.63, 3.8) is 0 Å². The zero-order valence-electron chi connectivity index (χ0n) is 22.9. The molecule has 1 saturated heterocycles. The van der Waals surface area contributed by atoms with E-state index in [9.17, 15) is 18.3 Å². The largest absolute Gasteiger partial charge is 0.438 e. The minimum absolute atomic E-state index is 0.206. The van der Waals surface area contributed by atoms with Gasteiger partial charge in [0.15, 0.2) is 9.84 Å². The molecule has 0 unspecified atom stereocenters. The molecule has 206 valence electrons. The van der Waals surface area contributed by atoms with Crippen LogP contribution in [0.4, 0.5) is 4.79 Å². The van der Waals surface area contributed by atoms with E-state index in [0.717, 1.165) is 27.9 Å². The van der Waals surface area contributed by atoms with Crippen molar-refractivity contribution in [2.24, 2.45) is 0 Å². The maximum atomic E-state index is 13.3. The van der Waals surface area contributed by atoms with Crippen LogP contribution in [0.15, 0.2) is 72.9 Å². The Morgan fingerprint density at radius 3 is 2.18 bits per heavy atom. The zero-order valence-corrected chi connectivity index (χ0v) is 23.7. The van der Waals surface area contributed by atoms with Gasteiger partial charge in [-0.1, -0.05) is 60.7 Å². The Bertz CT molecular complexity index is 1440. The Morgan fingerprint density at radius 1 is 1.00 bits per heavy atom. The number of hydrogen-bond donors (Lipinski definition) is 1. The van der Waals surface area contributed by atoms with Gasteiger partial charge in [0.05, 0.1) is 22.1 Å². The third kappa shape index (κ3) is 5.32. The number of aliphatic hydroxyl groups is 1. The van der Waals surface area contributed by atoms with Crippen LogP contribution in [0.2, 0.25) is 0 Å². The second-order valence-electron chi connectivity index (χ2n) is 11.7. The molecule has 2 heterocycles. The van der Waals surface area contributed by atoms with E-state index < -0.39 is 31.9 Å². The fourth-order valence-electron chi connectivity index (χ4n) is 5.82. The number of nitrogens with zero attached hydrogens (tertiary/aromatic N) is 2. The summed E-state index contributed by atoms with van der Waals surface area (Å²) >= 11 is 0. The molecule has 2 fully saturated rings. The molecule has 2 aromatic carbocycles. The predicted octanol–water partition coefficient (Wildman–Crippen LogP) is 5.74. The monoisotopic (exact) mass is 548 g/mol. The summed E-state index contributed by atoms with van der Waals surface area (Å²) < 4.78 is 29.8. The lowest BCUT2D eigenvalue weighted by Crippen LogP contribution is -2.51. The van der Waals surface area contributed by atoms with Gasteiger partial charge in [-0.3, -0.25) is 4.98 Å². The lowest BCUT2D eigenvalue weighted by atomic mass is 9.80. The Hall–Kier alpha value is -3.23. The molecule has 8 heteroatoms. The Morgan fingerprint density at radius 2 is 1.67 bits per heavy atom. The highest BCUT2D eigenvalue weighted by atomic mass is 32.2. The Kier molecular flexibility index (Phi) is 6.84. The van der Waals surface area contributed by atoms with Gasteiger partial charge in [0.1, 0.15) is 5.60 Å². The van der Waals surface area contributed by atoms with Crippen LogP contribution in [0.1, 0.15) is 69.2 Å². The average Bonchev–Trinajstić information content (AvgIpc) is 3.71. The molecule has 1 saturated carbocycles. The minimum atomic E-state index is -3.18. The van der Waals surface area contributed by atoms with Crippen molar-refractivity contribution in [3.05, 3.63) is 89.6 Å². The van der Waals surface area contributed by atoms with Crippen LogP contribution in [0, 0.1) is 0 Å². The molecular weight excluding hydrogens is 512 g/mol. The van der Waals surface area contributed by atoms with E-state index >= 15 is 0 Å². The van der Waals surface area contributed by atoms with Crippen molar-refractivity contribution in [1.82, 2.24) is 9.88 Å². The van der Waals surface area contributed by atoms with E-state index in [-0.39, 0.29) is 6.04 Å². The fraction of sp³-hybridized carbons (Fsp3) is 0.419. The fourth-order valence-corrected chi connectivity index (χ4v) is 7.22. The van der Waals surface area contributed by atoms with Crippen molar-refractivity contribution >= 4 is 15.9 Å². The molecule has 1 amide bonds. The van der Waals surface area contributed by atoms with Crippen LogP contribution in [0.5, 0.6) is 0 Å². The summed E-state index contributed by atoms with van der Waals surface area (Å²) in [4.78, 5) is 19.6.